The number of benzene rings is 1. The highest BCUT2D eigenvalue weighted by Gasteiger charge is 2.28. The van der Waals surface area contributed by atoms with Crippen molar-refractivity contribution in [3.05, 3.63) is 24.3 Å². The third-order valence-corrected chi connectivity index (χ3v) is 3.18. The first-order chi connectivity index (χ1) is 7.45. The number of ether oxygens (including phenoxy) is 1. The van der Waals surface area contributed by atoms with Crippen LogP contribution in [0.3, 0.4) is 0 Å². The maximum Gasteiger partial charge on any atom is 0.319 e. The standard InChI is InChI=1S/C12H16O3S/c1-4-15-9-6-5-7-10(8-9)16-12(2,3)11(13)14/h5-8H,4H2,1-3H3,(H,13,14). The smallest absolute Gasteiger partial charge is 0.319 e. The second-order valence-electron chi connectivity index (χ2n) is 3.83. The molecule has 0 spiro atoms. The Labute approximate surface area is 99.8 Å². The van der Waals surface area contributed by atoms with Gasteiger partial charge < -0.3 is 9.84 Å². The molecule has 1 rings (SSSR count). The second kappa shape index (κ2) is 5.25. The molecule has 0 aliphatic carbocycles. The van der Waals surface area contributed by atoms with Gasteiger partial charge in [0.05, 0.1) is 6.61 Å². The molecular formula is C12H16O3S. The predicted octanol–water partition coefficient (Wildman–Crippen LogP) is 3.04. The van der Waals surface area contributed by atoms with E-state index in [1.807, 2.05) is 31.2 Å². The van der Waals surface area contributed by atoms with E-state index in [4.69, 9.17) is 9.84 Å². The van der Waals surface area contributed by atoms with Gasteiger partial charge in [0.15, 0.2) is 0 Å². The summed E-state index contributed by atoms with van der Waals surface area (Å²) in [5.74, 6) is -0.0481. The van der Waals surface area contributed by atoms with E-state index in [-0.39, 0.29) is 0 Å². The van der Waals surface area contributed by atoms with Crippen LogP contribution in [0, 0.1) is 0 Å². The molecule has 1 aromatic rings. The van der Waals surface area contributed by atoms with Crippen LogP contribution in [-0.4, -0.2) is 22.4 Å². The minimum atomic E-state index is -0.829. The average Bonchev–Trinajstić information content (AvgIpc) is 2.17. The lowest BCUT2D eigenvalue weighted by atomic mass is 10.2. The lowest BCUT2D eigenvalue weighted by Gasteiger charge is -2.18. The van der Waals surface area contributed by atoms with Crippen molar-refractivity contribution < 1.29 is 14.6 Å². The van der Waals surface area contributed by atoms with Gasteiger partial charge >= 0.3 is 5.97 Å². The van der Waals surface area contributed by atoms with Crippen molar-refractivity contribution in [3.8, 4) is 5.75 Å². The molecule has 16 heavy (non-hydrogen) atoms. The Bertz CT molecular complexity index is 374. The monoisotopic (exact) mass is 240 g/mol. The van der Waals surface area contributed by atoms with Gasteiger partial charge in [-0.05, 0) is 39.0 Å². The van der Waals surface area contributed by atoms with Gasteiger partial charge in [-0.1, -0.05) is 6.07 Å². The minimum Gasteiger partial charge on any atom is -0.494 e. The van der Waals surface area contributed by atoms with E-state index in [1.54, 1.807) is 13.8 Å². The minimum absolute atomic E-state index is 0.608. The molecule has 0 atom stereocenters. The second-order valence-corrected chi connectivity index (χ2v) is 5.52. The zero-order valence-electron chi connectivity index (χ0n) is 9.69. The Morgan fingerprint density at radius 1 is 1.50 bits per heavy atom. The fraction of sp³-hybridized carbons (Fsp3) is 0.417. The van der Waals surface area contributed by atoms with Crippen LogP contribution in [0.25, 0.3) is 0 Å². The van der Waals surface area contributed by atoms with Crippen LogP contribution in [-0.2, 0) is 4.79 Å². The summed E-state index contributed by atoms with van der Waals surface area (Å²) in [6.07, 6.45) is 0. The van der Waals surface area contributed by atoms with Crippen molar-refractivity contribution >= 4 is 17.7 Å². The summed E-state index contributed by atoms with van der Waals surface area (Å²) >= 11 is 1.31. The van der Waals surface area contributed by atoms with Crippen molar-refractivity contribution in [1.82, 2.24) is 0 Å². The molecular weight excluding hydrogens is 224 g/mol. The van der Waals surface area contributed by atoms with Gasteiger partial charge in [-0.2, -0.15) is 0 Å². The van der Waals surface area contributed by atoms with Gasteiger partial charge in [0, 0.05) is 4.90 Å². The molecule has 0 fully saturated rings. The number of hydrogen-bond acceptors (Lipinski definition) is 3. The molecule has 0 aromatic heterocycles. The quantitative estimate of drug-likeness (QED) is 0.803. The van der Waals surface area contributed by atoms with Crippen molar-refractivity contribution in [2.24, 2.45) is 0 Å². The van der Waals surface area contributed by atoms with Crippen molar-refractivity contribution in [2.75, 3.05) is 6.61 Å². The van der Waals surface area contributed by atoms with Gasteiger partial charge in [0.1, 0.15) is 10.5 Å². The van der Waals surface area contributed by atoms with Gasteiger partial charge in [0.2, 0.25) is 0 Å². The third-order valence-electron chi connectivity index (χ3n) is 2.00. The van der Waals surface area contributed by atoms with Crippen LogP contribution in [0.4, 0.5) is 0 Å². The van der Waals surface area contributed by atoms with E-state index >= 15 is 0 Å². The lowest BCUT2D eigenvalue weighted by Crippen LogP contribution is -2.26. The zero-order chi connectivity index (χ0) is 12.2. The summed E-state index contributed by atoms with van der Waals surface area (Å²) < 4.78 is 4.53. The Balaban J connectivity index is 2.81. The van der Waals surface area contributed by atoms with Gasteiger partial charge in [-0.3, -0.25) is 4.79 Å². The molecule has 0 amide bonds. The molecule has 1 N–H and O–H groups in total. The highest BCUT2D eigenvalue weighted by Crippen LogP contribution is 2.34. The van der Waals surface area contributed by atoms with E-state index in [9.17, 15) is 4.79 Å². The molecule has 0 aliphatic rings. The van der Waals surface area contributed by atoms with Gasteiger partial charge in [-0.15, -0.1) is 11.8 Å². The fourth-order valence-corrected chi connectivity index (χ4v) is 2.13. The van der Waals surface area contributed by atoms with Gasteiger partial charge in [0.25, 0.3) is 0 Å². The maximum atomic E-state index is 11.0. The van der Waals surface area contributed by atoms with Crippen LogP contribution in [0.2, 0.25) is 0 Å². The van der Waals surface area contributed by atoms with E-state index < -0.39 is 10.7 Å². The van der Waals surface area contributed by atoms with Crippen LogP contribution >= 0.6 is 11.8 Å². The lowest BCUT2D eigenvalue weighted by molar-refractivity contribution is -0.138. The molecule has 0 unspecified atom stereocenters. The number of hydrogen-bond donors (Lipinski definition) is 1. The Hall–Kier alpha value is -1.16. The maximum absolute atomic E-state index is 11.0. The number of carbonyl (C=O) groups is 1. The molecule has 0 saturated heterocycles. The summed E-state index contributed by atoms with van der Waals surface area (Å²) in [5, 5.41) is 9.02. The van der Waals surface area contributed by atoms with Gasteiger partial charge in [-0.25, -0.2) is 0 Å². The number of thioether (sulfide) groups is 1. The topological polar surface area (TPSA) is 46.5 Å². The molecule has 3 nitrogen and oxygen atoms in total. The van der Waals surface area contributed by atoms with E-state index in [0.717, 1.165) is 10.6 Å². The first-order valence-corrected chi connectivity index (χ1v) is 5.92. The molecule has 0 aliphatic heterocycles. The van der Waals surface area contributed by atoms with E-state index in [1.165, 1.54) is 11.8 Å². The third kappa shape index (κ3) is 3.45. The fourth-order valence-electron chi connectivity index (χ4n) is 1.13. The Kier molecular flexibility index (Phi) is 4.24. The van der Waals surface area contributed by atoms with Crippen LogP contribution < -0.4 is 4.74 Å². The molecule has 88 valence electrons. The molecule has 0 saturated carbocycles. The highest BCUT2D eigenvalue weighted by atomic mass is 32.2. The van der Waals surface area contributed by atoms with Crippen molar-refractivity contribution in [3.63, 3.8) is 0 Å². The summed E-state index contributed by atoms with van der Waals surface area (Å²) in [5.41, 5.74) is 0. The van der Waals surface area contributed by atoms with Crippen LogP contribution in [0.1, 0.15) is 20.8 Å². The number of carboxylic acids is 1. The van der Waals surface area contributed by atoms with Crippen molar-refractivity contribution in [2.45, 2.75) is 30.4 Å². The first-order valence-electron chi connectivity index (χ1n) is 5.11. The number of carboxylic acid groups (broad SMARTS) is 1. The summed E-state index contributed by atoms with van der Waals surface area (Å²) in [6, 6.07) is 7.48. The molecule has 0 radical (unpaired) electrons. The highest BCUT2D eigenvalue weighted by molar-refractivity contribution is 8.01. The SMILES string of the molecule is CCOc1cccc(SC(C)(C)C(=O)O)c1. The first kappa shape index (κ1) is 12.9. The van der Waals surface area contributed by atoms with E-state index in [2.05, 4.69) is 0 Å². The molecule has 0 heterocycles. The molecule has 4 heteroatoms. The van der Waals surface area contributed by atoms with Crippen molar-refractivity contribution in [1.29, 1.82) is 0 Å². The Morgan fingerprint density at radius 2 is 2.19 bits per heavy atom. The summed E-state index contributed by atoms with van der Waals surface area (Å²) in [7, 11) is 0. The van der Waals surface area contributed by atoms with E-state index in [0.29, 0.717) is 6.61 Å². The Morgan fingerprint density at radius 3 is 2.75 bits per heavy atom. The predicted molar refractivity (Wildman–Crippen MR) is 65.2 cm³/mol. The summed E-state index contributed by atoms with van der Waals surface area (Å²) in [4.78, 5) is 11.9. The van der Waals surface area contributed by atoms with Crippen LogP contribution in [0.15, 0.2) is 29.2 Å². The molecule has 1 aromatic carbocycles. The normalized spacial score (nSPS) is 11.2. The number of rotatable bonds is 5. The van der Waals surface area contributed by atoms with Crippen LogP contribution in [0.5, 0.6) is 5.75 Å². The average molecular weight is 240 g/mol. The largest absolute Gasteiger partial charge is 0.494 e. The zero-order valence-corrected chi connectivity index (χ0v) is 10.5. The molecule has 0 bridgehead atoms. The number of aliphatic carboxylic acids is 1. The summed E-state index contributed by atoms with van der Waals surface area (Å²) in [6.45, 7) is 5.90.